The Hall–Kier alpha value is -4.38. The van der Waals surface area contributed by atoms with E-state index >= 15 is 0 Å². The monoisotopic (exact) mass is 514 g/mol. The van der Waals surface area contributed by atoms with Crippen molar-refractivity contribution in [3.05, 3.63) is 84.0 Å². The molecule has 5 rings (SSSR count). The minimum absolute atomic E-state index is 0.297. The Balaban J connectivity index is 1.28. The summed E-state index contributed by atoms with van der Waals surface area (Å²) in [5, 5.41) is 8.45. The number of amidine groups is 1. The lowest BCUT2D eigenvalue weighted by Gasteiger charge is -2.36. The minimum atomic E-state index is -0.833. The van der Waals surface area contributed by atoms with Gasteiger partial charge < -0.3 is 15.5 Å². The van der Waals surface area contributed by atoms with Crippen LogP contribution in [0.3, 0.4) is 0 Å². The molecule has 4 heterocycles. The molecular weight excluding hydrogens is 483 g/mol. The highest BCUT2D eigenvalue weighted by Gasteiger charge is 2.27. The maximum atomic E-state index is 13.3. The van der Waals surface area contributed by atoms with Crippen molar-refractivity contribution in [3.8, 4) is 11.1 Å². The van der Waals surface area contributed by atoms with Crippen LogP contribution < -0.4 is 10.6 Å². The van der Waals surface area contributed by atoms with Crippen LogP contribution in [0.4, 0.5) is 10.3 Å². The Bertz CT molecular complexity index is 1440. The number of benzene rings is 1. The van der Waals surface area contributed by atoms with Gasteiger partial charge in [0.25, 0.3) is 0 Å². The highest BCUT2D eigenvalue weighted by molar-refractivity contribution is 5.99. The van der Waals surface area contributed by atoms with Gasteiger partial charge in [-0.1, -0.05) is 12.1 Å². The maximum absolute atomic E-state index is 13.3. The number of hydrogen-bond acceptors (Lipinski definition) is 7. The number of anilines is 1. The van der Waals surface area contributed by atoms with Crippen molar-refractivity contribution in [1.82, 2.24) is 29.3 Å². The van der Waals surface area contributed by atoms with Crippen molar-refractivity contribution in [2.24, 2.45) is 22.9 Å². The zero-order valence-corrected chi connectivity index (χ0v) is 21.8. The van der Waals surface area contributed by atoms with E-state index in [1.807, 2.05) is 32.6 Å². The normalized spacial score (nSPS) is 16.0. The molecule has 1 fully saturated rings. The molecule has 1 aliphatic rings. The second-order valence-electron chi connectivity index (χ2n) is 9.50. The van der Waals surface area contributed by atoms with Crippen molar-refractivity contribution >= 4 is 18.5 Å². The van der Waals surface area contributed by atoms with Crippen molar-refractivity contribution in [2.75, 3.05) is 38.1 Å². The third kappa shape index (κ3) is 4.80. The molecule has 10 nitrogen and oxygen atoms in total. The molecule has 196 valence electrons. The summed E-state index contributed by atoms with van der Waals surface area (Å²) in [4.78, 5) is 18.2. The molecule has 0 bridgehead atoms. The fraction of sp³-hybridized carbons (Fsp3) is 0.296. The van der Waals surface area contributed by atoms with Gasteiger partial charge in [-0.3, -0.25) is 9.67 Å². The molecule has 4 aromatic rings. The molecule has 11 heteroatoms. The van der Waals surface area contributed by atoms with Crippen molar-refractivity contribution in [2.45, 2.75) is 12.5 Å². The molecule has 1 aliphatic heterocycles. The predicted octanol–water partition coefficient (Wildman–Crippen LogP) is 2.70. The average Bonchev–Trinajstić information content (AvgIpc) is 3.56. The van der Waals surface area contributed by atoms with Gasteiger partial charge in [-0.25, -0.2) is 19.0 Å². The van der Waals surface area contributed by atoms with E-state index < -0.39 is 5.54 Å². The van der Waals surface area contributed by atoms with Gasteiger partial charge >= 0.3 is 0 Å². The molecule has 0 spiro atoms. The summed E-state index contributed by atoms with van der Waals surface area (Å²) in [5.74, 6) is 1.20. The van der Waals surface area contributed by atoms with E-state index in [4.69, 9.17) is 5.73 Å². The van der Waals surface area contributed by atoms with Crippen LogP contribution in [0.2, 0.25) is 0 Å². The Morgan fingerprint density at radius 3 is 2.26 bits per heavy atom. The fourth-order valence-electron chi connectivity index (χ4n) is 4.72. The van der Waals surface area contributed by atoms with Crippen molar-refractivity contribution in [1.29, 1.82) is 0 Å². The molecule has 3 aromatic heterocycles. The number of aryl methyl sites for hydroxylation is 1. The largest absolute Gasteiger partial charge is 0.352 e. The van der Waals surface area contributed by atoms with Gasteiger partial charge in [-0.05, 0) is 30.7 Å². The van der Waals surface area contributed by atoms with E-state index in [9.17, 15) is 4.39 Å². The number of nitrogens with two attached hydrogens (primary N) is 1. The number of hydrogen-bond donors (Lipinski definition) is 1. The van der Waals surface area contributed by atoms with E-state index in [-0.39, 0.29) is 5.82 Å². The first kappa shape index (κ1) is 25.3. The lowest BCUT2D eigenvalue weighted by molar-refractivity contribution is 0.381. The van der Waals surface area contributed by atoms with Crippen LogP contribution in [-0.4, -0.2) is 75.1 Å². The fourth-order valence-corrected chi connectivity index (χ4v) is 4.72. The van der Waals surface area contributed by atoms with Gasteiger partial charge in [0.15, 0.2) is 0 Å². The zero-order valence-electron chi connectivity index (χ0n) is 21.8. The van der Waals surface area contributed by atoms with E-state index in [0.717, 1.165) is 60.0 Å². The van der Waals surface area contributed by atoms with Crippen LogP contribution in [0.25, 0.3) is 11.1 Å². The minimum Gasteiger partial charge on any atom is -0.352 e. The zero-order chi connectivity index (χ0) is 26.9. The molecule has 38 heavy (non-hydrogen) atoms. The van der Waals surface area contributed by atoms with Gasteiger partial charge in [0.2, 0.25) is 5.95 Å². The summed E-state index contributed by atoms with van der Waals surface area (Å²) in [7, 11) is 3.68. The number of piperazine rings is 1. The lowest BCUT2D eigenvalue weighted by atomic mass is 9.87. The molecule has 1 atom stereocenters. The third-order valence-electron chi connectivity index (χ3n) is 6.98. The molecule has 0 radical (unpaired) electrons. The molecule has 0 saturated carbocycles. The Morgan fingerprint density at radius 2 is 1.68 bits per heavy atom. The van der Waals surface area contributed by atoms with Gasteiger partial charge in [0.05, 0.1) is 11.7 Å². The van der Waals surface area contributed by atoms with Crippen LogP contribution in [0.1, 0.15) is 23.7 Å². The van der Waals surface area contributed by atoms with Crippen LogP contribution in [0, 0.1) is 5.82 Å². The van der Waals surface area contributed by atoms with E-state index in [1.165, 1.54) is 12.1 Å². The lowest BCUT2D eigenvalue weighted by Crippen LogP contribution is -2.49. The van der Waals surface area contributed by atoms with E-state index in [0.29, 0.717) is 5.95 Å². The number of halogens is 1. The van der Waals surface area contributed by atoms with Crippen LogP contribution in [0.15, 0.2) is 71.4 Å². The first-order valence-electron chi connectivity index (χ1n) is 12.3. The smallest absolute Gasteiger partial charge is 0.225 e. The molecular formula is C27H31FN10. The molecule has 1 unspecified atom stereocenters. The van der Waals surface area contributed by atoms with Crippen LogP contribution >= 0.6 is 0 Å². The van der Waals surface area contributed by atoms with Gasteiger partial charge in [0, 0.05) is 88.5 Å². The first-order valence-corrected chi connectivity index (χ1v) is 12.3. The van der Waals surface area contributed by atoms with Crippen molar-refractivity contribution in [3.63, 3.8) is 0 Å². The molecule has 0 aliphatic carbocycles. The summed E-state index contributed by atoms with van der Waals surface area (Å²) in [6.07, 6.45) is 9.23. The van der Waals surface area contributed by atoms with E-state index in [2.05, 4.69) is 47.7 Å². The summed E-state index contributed by atoms with van der Waals surface area (Å²) < 4.78 is 16.9. The van der Waals surface area contributed by atoms with Gasteiger partial charge in [-0.15, -0.1) is 0 Å². The Labute approximate surface area is 220 Å². The summed E-state index contributed by atoms with van der Waals surface area (Å²) in [6.45, 7) is 8.55. The average molecular weight is 515 g/mol. The second kappa shape index (κ2) is 10.2. The predicted molar refractivity (Wildman–Crippen MR) is 147 cm³/mol. The van der Waals surface area contributed by atoms with E-state index in [1.54, 1.807) is 40.9 Å². The SMILES string of the molecule is C=Nn1cc(-c2cnn(C)c2)cc1C(=NC)N1CCN(c2ncc(C(C)(N)c3ccc(F)cc3)cn2)CC1. The molecule has 1 saturated heterocycles. The van der Waals surface area contributed by atoms with Crippen LogP contribution in [0.5, 0.6) is 0 Å². The molecule has 0 amide bonds. The third-order valence-corrected chi connectivity index (χ3v) is 6.98. The van der Waals surface area contributed by atoms with Gasteiger partial charge in [-0.2, -0.15) is 10.2 Å². The number of aromatic nitrogens is 5. The summed E-state index contributed by atoms with van der Waals surface area (Å²) in [5.41, 5.74) is 10.2. The highest BCUT2D eigenvalue weighted by atomic mass is 19.1. The Kier molecular flexibility index (Phi) is 6.77. The Morgan fingerprint density at radius 1 is 1.00 bits per heavy atom. The number of rotatable bonds is 6. The second-order valence-corrected chi connectivity index (χ2v) is 9.50. The van der Waals surface area contributed by atoms with Crippen LogP contribution in [-0.2, 0) is 12.6 Å². The highest BCUT2D eigenvalue weighted by Crippen LogP contribution is 2.27. The summed E-state index contributed by atoms with van der Waals surface area (Å²) >= 11 is 0. The number of aliphatic imine (C=N–C) groups is 1. The maximum Gasteiger partial charge on any atom is 0.225 e. The molecule has 2 N–H and O–H groups in total. The molecule has 1 aromatic carbocycles. The van der Waals surface area contributed by atoms with Crippen molar-refractivity contribution < 1.29 is 4.39 Å². The first-order chi connectivity index (χ1) is 18.3. The number of nitrogens with zero attached hydrogens (tertiary/aromatic N) is 9. The topological polar surface area (TPSA) is 106 Å². The summed E-state index contributed by atoms with van der Waals surface area (Å²) in [6, 6.07) is 8.25. The van der Waals surface area contributed by atoms with Gasteiger partial charge in [0.1, 0.15) is 17.3 Å². The standard InChI is InChI=1S/C27H31FN10/c1-27(29,21-5-7-23(28)8-6-21)22-15-32-26(33-16-22)37-11-9-36(10-12-37)25(30-2)24-13-19(18-38(24)31-3)20-14-34-35(4)17-20/h5-8,13-18H,3,9-12,29H2,1-2,4H3. The quantitative estimate of drug-likeness (QED) is 0.313.